The van der Waals surface area contributed by atoms with Crippen LogP contribution in [-0.4, -0.2) is 42.3 Å². The van der Waals surface area contributed by atoms with Crippen LogP contribution in [0.15, 0.2) is 39.8 Å². The minimum atomic E-state index is 0.0571. The van der Waals surface area contributed by atoms with Crippen molar-refractivity contribution in [2.24, 2.45) is 4.99 Å². The summed E-state index contributed by atoms with van der Waals surface area (Å²) in [7, 11) is 0. The normalized spacial score (nSPS) is 18.2. The maximum absolute atomic E-state index is 6.04. The summed E-state index contributed by atoms with van der Waals surface area (Å²) in [5, 5.41) is 7.51. The molecule has 1 aromatic heterocycles. The Labute approximate surface area is 161 Å². The van der Waals surface area contributed by atoms with E-state index in [-0.39, 0.29) is 6.10 Å². The van der Waals surface area contributed by atoms with E-state index in [9.17, 15) is 0 Å². The predicted octanol–water partition coefficient (Wildman–Crippen LogP) is 3.65. The summed E-state index contributed by atoms with van der Waals surface area (Å²) in [6.07, 6.45) is 0.0571. The van der Waals surface area contributed by atoms with Gasteiger partial charge in [-0.25, -0.2) is 4.99 Å². The Morgan fingerprint density at radius 2 is 2.19 bits per heavy atom. The van der Waals surface area contributed by atoms with Gasteiger partial charge in [-0.15, -0.1) is 0 Å². The van der Waals surface area contributed by atoms with Gasteiger partial charge in [-0.1, -0.05) is 43.3 Å². The summed E-state index contributed by atoms with van der Waals surface area (Å²) in [5.41, 5.74) is 3.47. The standard InChI is InChI=1S/C21H30N4O2/c1-5-22-21(23-13-17-12-19(15(2)3)24-27-17)25-10-11-26-20(14-25)18-9-7-6-8-16(18)4/h6-9,12,15,20H,5,10-11,13-14H2,1-4H3,(H,22,23). The highest BCUT2D eigenvalue weighted by molar-refractivity contribution is 5.80. The third kappa shape index (κ3) is 4.89. The fourth-order valence-electron chi connectivity index (χ4n) is 3.23. The van der Waals surface area contributed by atoms with Gasteiger partial charge in [0.2, 0.25) is 0 Å². The van der Waals surface area contributed by atoms with Crippen molar-refractivity contribution in [3.05, 3.63) is 52.9 Å². The second kappa shape index (κ2) is 9.04. The molecule has 2 aromatic rings. The van der Waals surface area contributed by atoms with E-state index in [4.69, 9.17) is 14.3 Å². The fraction of sp³-hybridized carbons (Fsp3) is 0.524. The molecule has 0 aliphatic carbocycles. The molecule has 146 valence electrons. The first-order valence-corrected chi connectivity index (χ1v) is 9.74. The summed E-state index contributed by atoms with van der Waals surface area (Å²) < 4.78 is 11.5. The van der Waals surface area contributed by atoms with Gasteiger partial charge in [0.1, 0.15) is 12.6 Å². The molecule has 0 spiro atoms. The third-order valence-electron chi connectivity index (χ3n) is 4.79. The summed E-state index contributed by atoms with van der Waals surface area (Å²) >= 11 is 0. The van der Waals surface area contributed by atoms with Crippen LogP contribution in [0.2, 0.25) is 0 Å². The van der Waals surface area contributed by atoms with Gasteiger partial charge in [0.15, 0.2) is 11.7 Å². The number of hydrogen-bond donors (Lipinski definition) is 1. The van der Waals surface area contributed by atoms with Gasteiger partial charge in [-0.3, -0.25) is 0 Å². The van der Waals surface area contributed by atoms with E-state index in [2.05, 4.69) is 67.3 Å². The summed E-state index contributed by atoms with van der Waals surface area (Å²) in [6, 6.07) is 10.4. The van der Waals surface area contributed by atoms with Crippen molar-refractivity contribution in [2.75, 3.05) is 26.2 Å². The predicted molar refractivity (Wildman–Crippen MR) is 107 cm³/mol. The molecule has 1 aliphatic heterocycles. The Balaban J connectivity index is 1.72. The highest BCUT2D eigenvalue weighted by atomic mass is 16.5. The van der Waals surface area contributed by atoms with E-state index in [0.717, 1.165) is 37.0 Å². The molecule has 1 fully saturated rings. The Hall–Kier alpha value is -2.34. The number of ether oxygens (including phenoxy) is 1. The van der Waals surface area contributed by atoms with Crippen molar-refractivity contribution in [3.63, 3.8) is 0 Å². The molecular formula is C21H30N4O2. The average molecular weight is 370 g/mol. The number of morpholine rings is 1. The van der Waals surface area contributed by atoms with Crippen molar-refractivity contribution in [2.45, 2.75) is 46.3 Å². The van der Waals surface area contributed by atoms with E-state index in [1.165, 1.54) is 11.1 Å². The van der Waals surface area contributed by atoms with Crippen LogP contribution in [0.25, 0.3) is 0 Å². The monoisotopic (exact) mass is 370 g/mol. The van der Waals surface area contributed by atoms with Crippen LogP contribution in [0.4, 0.5) is 0 Å². The second-order valence-corrected chi connectivity index (χ2v) is 7.20. The molecule has 1 saturated heterocycles. The highest BCUT2D eigenvalue weighted by Crippen LogP contribution is 2.25. The van der Waals surface area contributed by atoms with E-state index in [0.29, 0.717) is 19.1 Å². The molecule has 27 heavy (non-hydrogen) atoms. The minimum Gasteiger partial charge on any atom is -0.370 e. The number of aryl methyl sites for hydroxylation is 1. The van der Waals surface area contributed by atoms with Crippen LogP contribution >= 0.6 is 0 Å². The zero-order valence-electron chi connectivity index (χ0n) is 16.7. The van der Waals surface area contributed by atoms with Crippen LogP contribution in [-0.2, 0) is 11.3 Å². The van der Waals surface area contributed by atoms with Gasteiger partial charge in [-0.05, 0) is 30.9 Å². The largest absolute Gasteiger partial charge is 0.370 e. The Morgan fingerprint density at radius 1 is 1.37 bits per heavy atom. The maximum atomic E-state index is 6.04. The Kier molecular flexibility index (Phi) is 6.50. The molecule has 1 N–H and O–H groups in total. The van der Waals surface area contributed by atoms with Gasteiger partial charge in [0.25, 0.3) is 0 Å². The SMILES string of the molecule is CCNC(=NCc1cc(C(C)C)no1)N1CCOC(c2ccccc2C)C1. The smallest absolute Gasteiger partial charge is 0.194 e. The van der Waals surface area contributed by atoms with Gasteiger partial charge in [-0.2, -0.15) is 0 Å². The lowest BCUT2D eigenvalue weighted by atomic mass is 10.0. The average Bonchev–Trinajstić information content (AvgIpc) is 3.15. The zero-order valence-corrected chi connectivity index (χ0v) is 16.7. The number of aromatic nitrogens is 1. The number of guanidine groups is 1. The van der Waals surface area contributed by atoms with Crippen molar-refractivity contribution in [3.8, 4) is 0 Å². The Morgan fingerprint density at radius 3 is 2.89 bits per heavy atom. The minimum absolute atomic E-state index is 0.0571. The molecule has 1 aromatic carbocycles. The summed E-state index contributed by atoms with van der Waals surface area (Å²) in [4.78, 5) is 7.04. The molecule has 0 saturated carbocycles. The first-order chi connectivity index (χ1) is 13.1. The molecule has 6 heteroatoms. The molecule has 1 unspecified atom stereocenters. The Bertz CT molecular complexity index is 769. The van der Waals surface area contributed by atoms with Crippen molar-refractivity contribution in [1.29, 1.82) is 0 Å². The lowest BCUT2D eigenvalue weighted by molar-refractivity contribution is -0.00835. The number of hydrogen-bond acceptors (Lipinski definition) is 4. The lowest BCUT2D eigenvalue weighted by Gasteiger charge is -2.35. The molecule has 1 atom stereocenters. The quantitative estimate of drug-likeness (QED) is 0.643. The molecule has 6 nitrogen and oxygen atoms in total. The molecule has 3 rings (SSSR count). The van der Waals surface area contributed by atoms with Crippen molar-refractivity contribution >= 4 is 5.96 Å². The molecule has 0 radical (unpaired) electrons. The maximum Gasteiger partial charge on any atom is 0.194 e. The molecule has 0 bridgehead atoms. The first kappa shape index (κ1) is 19.4. The number of rotatable bonds is 5. The van der Waals surface area contributed by atoms with Gasteiger partial charge >= 0.3 is 0 Å². The summed E-state index contributed by atoms with van der Waals surface area (Å²) in [5.74, 6) is 2.04. The van der Waals surface area contributed by atoms with E-state index in [1.807, 2.05) is 6.07 Å². The van der Waals surface area contributed by atoms with Crippen LogP contribution in [0, 0.1) is 6.92 Å². The second-order valence-electron chi connectivity index (χ2n) is 7.20. The van der Waals surface area contributed by atoms with Crippen LogP contribution < -0.4 is 5.32 Å². The number of aliphatic imine (C=N–C) groups is 1. The summed E-state index contributed by atoms with van der Waals surface area (Å²) in [6.45, 7) is 12.0. The number of nitrogens with one attached hydrogen (secondary N) is 1. The van der Waals surface area contributed by atoms with Crippen LogP contribution in [0.5, 0.6) is 0 Å². The number of nitrogens with zero attached hydrogens (tertiary/aromatic N) is 3. The topological polar surface area (TPSA) is 62.9 Å². The molecule has 1 aliphatic rings. The van der Waals surface area contributed by atoms with E-state index < -0.39 is 0 Å². The van der Waals surface area contributed by atoms with Gasteiger partial charge in [0.05, 0.1) is 18.8 Å². The third-order valence-corrected chi connectivity index (χ3v) is 4.79. The zero-order chi connectivity index (χ0) is 19.2. The highest BCUT2D eigenvalue weighted by Gasteiger charge is 2.25. The number of benzene rings is 1. The molecular weight excluding hydrogens is 340 g/mol. The van der Waals surface area contributed by atoms with Crippen molar-refractivity contribution < 1.29 is 9.26 Å². The fourth-order valence-corrected chi connectivity index (χ4v) is 3.23. The van der Waals surface area contributed by atoms with Gasteiger partial charge in [0, 0.05) is 19.2 Å². The van der Waals surface area contributed by atoms with E-state index in [1.54, 1.807) is 0 Å². The first-order valence-electron chi connectivity index (χ1n) is 9.74. The van der Waals surface area contributed by atoms with Gasteiger partial charge < -0.3 is 19.5 Å². The molecule has 2 heterocycles. The van der Waals surface area contributed by atoms with Crippen LogP contribution in [0.3, 0.4) is 0 Å². The van der Waals surface area contributed by atoms with Crippen LogP contribution in [0.1, 0.15) is 55.4 Å². The molecule has 0 amide bonds. The lowest BCUT2D eigenvalue weighted by Crippen LogP contribution is -2.48. The van der Waals surface area contributed by atoms with E-state index >= 15 is 0 Å². The van der Waals surface area contributed by atoms with Crippen molar-refractivity contribution in [1.82, 2.24) is 15.4 Å².